The highest BCUT2D eigenvalue weighted by atomic mass is 16.2. The van der Waals surface area contributed by atoms with Crippen molar-refractivity contribution in [1.29, 1.82) is 0 Å². The number of hydrogen-bond acceptors (Lipinski definition) is 2. The van der Waals surface area contributed by atoms with Gasteiger partial charge in [-0.2, -0.15) is 0 Å². The number of rotatable bonds is 4. The standard InChI is InChI=1S/C21H24N2O2/c1-3-16-8-10-17(11-9-16)21(25)23-14-4-5-19(23)20(24)22-18-12-6-15(2)7-13-18/h6-13,19H,3-5,14H2,1-2H3,(H,22,24)/t19-/m1/s1. The number of likely N-dealkylation sites (tertiary alicyclic amines) is 1. The number of nitrogens with one attached hydrogen (secondary N) is 1. The van der Waals surface area contributed by atoms with Crippen LogP contribution in [0.2, 0.25) is 0 Å². The van der Waals surface area contributed by atoms with Gasteiger partial charge in [0.2, 0.25) is 5.91 Å². The first-order valence-electron chi connectivity index (χ1n) is 8.86. The number of carbonyl (C=O) groups excluding carboxylic acids is 2. The van der Waals surface area contributed by atoms with Gasteiger partial charge in [-0.05, 0) is 56.0 Å². The molecule has 3 rings (SSSR count). The molecule has 0 saturated carbocycles. The number of nitrogens with zero attached hydrogens (tertiary/aromatic N) is 1. The minimum absolute atomic E-state index is 0.0655. The monoisotopic (exact) mass is 336 g/mol. The minimum atomic E-state index is -0.403. The van der Waals surface area contributed by atoms with Crippen LogP contribution in [0.1, 0.15) is 41.3 Å². The summed E-state index contributed by atoms with van der Waals surface area (Å²) in [5.74, 6) is -0.177. The fourth-order valence-electron chi connectivity index (χ4n) is 3.19. The topological polar surface area (TPSA) is 49.4 Å². The highest BCUT2D eigenvalue weighted by Gasteiger charge is 2.34. The quantitative estimate of drug-likeness (QED) is 0.923. The molecule has 1 aliphatic heterocycles. The summed E-state index contributed by atoms with van der Waals surface area (Å²) >= 11 is 0. The van der Waals surface area contributed by atoms with E-state index in [4.69, 9.17) is 0 Å². The van der Waals surface area contributed by atoms with Gasteiger partial charge in [0.05, 0.1) is 0 Å². The molecule has 0 unspecified atom stereocenters. The predicted molar refractivity (Wildman–Crippen MR) is 99.7 cm³/mol. The number of carbonyl (C=O) groups is 2. The zero-order valence-electron chi connectivity index (χ0n) is 14.8. The number of amides is 2. The number of anilines is 1. The van der Waals surface area contributed by atoms with E-state index in [1.165, 1.54) is 5.56 Å². The Morgan fingerprint density at radius 1 is 1.08 bits per heavy atom. The molecule has 0 aromatic heterocycles. The van der Waals surface area contributed by atoms with Gasteiger partial charge < -0.3 is 10.2 Å². The van der Waals surface area contributed by atoms with Crippen LogP contribution in [0, 0.1) is 6.92 Å². The Labute approximate surface area is 148 Å². The van der Waals surface area contributed by atoms with E-state index in [9.17, 15) is 9.59 Å². The molecule has 0 radical (unpaired) electrons. The van der Waals surface area contributed by atoms with Crippen molar-refractivity contribution < 1.29 is 9.59 Å². The van der Waals surface area contributed by atoms with Gasteiger partial charge in [0.1, 0.15) is 6.04 Å². The molecule has 0 aliphatic carbocycles. The largest absolute Gasteiger partial charge is 0.327 e. The van der Waals surface area contributed by atoms with Gasteiger partial charge in [0, 0.05) is 17.8 Å². The molecule has 0 bridgehead atoms. The molecule has 1 fully saturated rings. The summed E-state index contributed by atoms with van der Waals surface area (Å²) in [6, 6.07) is 15.0. The van der Waals surface area contributed by atoms with Crippen LogP contribution < -0.4 is 5.32 Å². The lowest BCUT2D eigenvalue weighted by Gasteiger charge is -2.24. The van der Waals surface area contributed by atoms with E-state index in [2.05, 4.69) is 12.2 Å². The Hall–Kier alpha value is -2.62. The average molecular weight is 336 g/mol. The molecule has 1 N–H and O–H groups in total. The number of benzene rings is 2. The lowest BCUT2D eigenvalue weighted by Crippen LogP contribution is -2.43. The Morgan fingerprint density at radius 2 is 1.76 bits per heavy atom. The third kappa shape index (κ3) is 3.90. The van der Waals surface area contributed by atoms with Crippen molar-refractivity contribution in [2.45, 2.75) is 39.2 Å². The fourth-order valence-corrected chi connectivity index (χ4v) is 3.19. The Balaban J connectivity index is 1.71. The first-order valence-corrected chi connectivity index (χ1v) is 8.86. The summed E-state index contributed by atoms with van der Waals surface area (Å²) in [7, 11) is 0. The van der Waals surface area contributed by atoms with E-state index in [-0.39, 0.29) is 11.8 Å². The fraction of sp³-hybridized carbons (Fsp3) is 0.333. The van der Waals surface area contributed by atoms with Crippen molar-refractivity contribution in [3.05, 3.63) is 65.2 Å². The van der Waals surface area contributed by atoms with Crippen molar-refractivity contribution >= 4 is 17.5 Å². The highest BCUT2D eigenvalue weighted by Crippen LogP contribution is 2.22. The molecule has 1 saturated heterocycles. The molecular formula is C21H24N2O2. The summed E-state index contributed by atoms with van der Waals surface area (Å²) < 4.78 is 0. The maximum absolute atomic E-state index is 12.8. The lowest BCUT2D eigenvalue weighted by atomic mass is 10.1. The highest BCUT2D eigenvalue weighted by molar-refractivity contribution is 6.01. The zero-order valence-corrected chi connectivity index (χ0v) is 14.8. The molecule has 0 spiro atoms. The summed E-state index contributed by atoms with van der Waals surface area (Å²) in [5, 5.41) is 2.93. The van der Waals surface area contributed by atoms with E-state index in [0.717, 1.165) is 24.1 Å². The van der Waals surface area contributed by atoms with E-state index >= 15 is 0 Å². The Morgan fingerprint density at radius 3 is 2.40 bits per heavy atom. The normalized spacial score (nSPS) is 16.7. The van der Waals surface area contributed by atoms with Crippen molar-refractivity contribution in [3.8, 4) is 0 Å². The van der Waals surface area contributed by atoms with E-state index in [1.807, 2.05) is 55.5 Å². The first-order chi connectivity index (χ1) is 12.1. The molecule has 4 heteroatoms. The predicted octanol–water partition coefficient (Wildman–Crippen LogP) is 3.80. The SMILES string of the molecule is CCc1ccc(C(=O)N2CCC[C@@H]2C(=O)Nc2ccc(C)cc2)cc1. The van der Waals surface area contributed by atoms with Crippen LogP contribution in [0.5, 0.6) is 0 Å². The van der Waals surface area contributed by atoms with Crippen molar-refractivity contribution in [2.24, 2.45) is 0 Å². The first kappa shape index (κ1) is 17.2. The van der Waals surface area contributed by atoms with E-state index < -0.39 is 6.04 Å². The zero-order chi connectivity index (χ0) is 17.8. The van der Waals surface area contributed by atoms with Crippen LogP contribution in [-0.2, 0) is 11.2 Å². The van der Waals surface area contributed by atoms with Crippen LogP contribution in [0.25, 0.3) is 0 Å². The van der Waals surface area contributed by atoms with Gasteiger partial charge in [-0.3, -0.25) is 9.59 Å². The van der Waals surface area contributed by atoms with Gasteiger partial charge in [-0.25, -0.2) is 0 Å². The smallest absolute Gasteiger partial charge is 0.254 e. The summed E-state index contributed by atoms with van der Waals surface area (Å²) in [4.78, 5) is 27.1. The van der Waals surface area contributed by atoms with Crippen LogP contribution >= 0.6 is 0 Å². The number of hydrogen-bond donors (Lipinski definition) is 1. The summed E-state index contributed by atoms with van der Waals surface area (Å²) in [6.45, 7) is 4.72. The lowest BCUT2D eigenvalue weighted by molar-refractivity contribution is -0.119. The molecule has 2 aromatic carbocycles. The van der Waals surface area contributed by atoms with Crippen LogP contribution in [-0.4, -0.2) is 29.3 Å². The maximum Gasteiger partial charge on any atom is 0.254 e. The third-order valence-corrected chi connectivity index (χ3v) is 4.74. The Bertz CT molecular complexity index is 750. The maximum atomic E-state index is 12.8. The molecule has 2 aromatic rings. The molecule has 4 nitrogen and oxygen atoms in total. The van der Waals surface area contributed by atoms with Gasteiger partial charge >= 0.3 is 0 Å². The second-order valence-corrected chi connectivity index (χ2v) is 6.56. The average Bonchev–Trinajstić information content (AvgIpc) is 3.13. The third-order valence-electron chi connectivity index (χ3n) is 4.74. The molecule has 130 valence electrons. The van der Waals surface area contributed by atoms with Crippen LogP contribution in [0.3, 0.4) is 0 Å². The number of aryl methyl sites for hydroxylation is 2. The van der Waals surface area contributed by atoms with Gasteiger partial charge in [0.25, 0.3) is 5.91 Å². The molecule has 1 heterocycles. The minimum Gasteiger partial charge on any atom is -0.327 e. The van der Waals surface area contributed by atoms with E-state index in [0.29, 0.717) is 18.5 Å². The van der Waals surface area contributed by atoms with Crippen LogP contribution in [0.4, 0.5) is 5.69 Å². The van der Waals surface area contributed by atoms with Crippen LogP contribution in [0.15, 0.2) is 48.5 Å². The van der Waals surface area contributed by atoms with Crippen molar-refractivity contribution in [2.75, 3.05) is 11.9 Å². The Kier molecular flexibility index (Phi) is 5.17. The van der Waals surface area contributed by atoms with Crippen molar-refractivity contribution in [3.63, 3.8) is 0 Å². The van der Waals surface area contributed by atoms with Gasteiger partial charge in [-0.1, -0.05) is 36.8 Å². The molecule has 1 aliphatic rings. The van der Waals surface area contributed by atoms with Gasteiger partial charge in [0.15, 0.2) is 0 Å². The van der Waals surface area contributed by atoms with E-state index in [1.54, 1.807) is 4.90 Å². The molecule has 2 amide bonds. The second-order valence-electron chi connectivity index (χ2n) is 6.56. The summed E-state index contributed by atoms with van der Waals surface area (Å²) in [5.41, 5.74) is 3.76. The molecule has 1 atom stereocenters. The molecular weight excluding hydrogens is 312 g/mol. The van der Waals surface area contributed by atoms with Crippen molar-refractivity contribution in [1.82, 2.24) is 4.90 Å². The van der Waals surface area contributed by atoms with Gasteiger partial charge in [-0.15, -0.1) is 0 Å². The second kappa shape index (κ2) is 7.51. The summed E-state index contributed by atoms with van der Waals surface area (Å²) in [6.07, 6.45) is 2.50. The molecule has 25 heavy (non-hydrogen) atoms.